The van der Waals surface area contributed by atoms with Gasteiger partial charge in [-0.3, -0.25) is 4.79 Å². The second-order valence-corrected chi connectivity index (χ2v) is 5.78. The van der Waals surface area contributed by atoms with E-state index in [4.69, 9.17) is 0 Å². The summed E-state index contributed by atoms with van der Waals surface area (Å²) < 4.78 is 0.931. The molecule has 1 fully saturated rings. The van der Waals surface area contributed by atoms with Crippen LogP contribution in [0.4, 0.5) is 5.69 Å². The van der Waals surface area contributed by atoms with Gasteiger partial charge in [-0.25, -0.2) is 0 Å². The SMILES string of the molecule is Cc1ccc(NC(=O)C2(C)CCNC2)c(Br)c1. The van der Waals surface area contributed by atoms with Crippen molar-refractivity contribution in [3.63, 3.8) is 0 Å². The van der Waals surface area contributed by atoms with Crippen molar-refractivity contribution in [2.45, 2.75) is 20.3 Å². The molecule has 17 heavy (non-hydrogen) atoms. The average Bonchev–Trinajstić information content (AvgIpc) is 2.71. The Hall–Kier alpha value is -0.870. The highest BCUT2D eigenvalue weighted by Crippen LogP contribution is 2.29. The molecule has 2 N–H and O–H groups in total. The fourth-order valence-electron chi connectivity index (χ4n) is 2.01. The van der Waals surface area contributed by atoms with Crippen molar-refractivity contribution in [2.24, 2.45) is 5.41 Å². The van der Waals surface area contributed by atoms with Crippen LogP contribution in [0.1, 0.15) is 18.9 Å². The minimum atomic E-state index is -0.287. The quantitative estimate of drug-likeness (QED) is 0.881. The van der Waals surface area contributed by atoms with Crippen LogP contribution in [0.2, 0.25) is 0 Å². The van der Waals surface area contributed by atoms with Gasteiger partial charge in [0.05, 0.1) is 11.1 Å². The largest absolute Gasteiger partial charge is 0.325 e. The van der Waals surface area contributed by atoms with E-state index in [1.807, 2.05) is 32.0 Å². The summed E-state index contributed by atoms with van der Waals surface area (Å²) in [4.78, 5) is 12.2. The lowest BCUT2D eigenvalue weighted by molar-refractivity contribution is -0.123. The number of nitrogens with one attached hydrogen (secondary N) is 2. The number of benzene rings is 1. The molecule has 1 aliphatic heterocycles. The molecule has 0 aromatic heterocycles. The summed E-state index contributed by atoms with van der Waals surface area (Å²) in [5, 5.41) is 6.22. The zero-order valence-corrected chi connectivity index (χ0v) is 11.7. The summed E-state index contributed by atoms with van der Waals surface area (Å²) in [6.07, 6.45) is 0.891. The van der Waals surface area contributed by atoms with Crippen molar-refractivity contribution in [1.29, 1.82) is 0 Å². The molecule has 1 unspecified atom stereocenters. The van der Waals surface area contributed by atoms with Gasteiger partial charge in [-0.2, -0.15) is 0 Å². The first-order valence-corrected chi connectivity index (χ1v) is 6.59. The third-order valence-corrected chi connectivity index (χ3v) is 3.95. The minimum absolute atomic E-state index is 0.0899. The van der Waals surface area contributed by atoms with E-state index < -0.39 is 0 Å². The third-order valence-electron chi connectivity index (χ3n) is 3.29. The van der Waals surface area contributed by atoms with Gasteiger partial charge in [0.1, 0.15) is 0 Å². The average molecular weight is 297 g/mol. The molecule has 1 atom stereocenters. The summed E-state index contributed by atoms with van der Waals surface area (Å²) in [6.45, 7) is 5.70. The molecule has 1 amide bonds. The van der Waals surface area contributed by atoms with Crippen LogP contribution in [0.15, 0.2) is 22.7 Å². The lowest BCUT2D eigenvalue weighted by Gasteiger charge is -2.22. The fourth-order valence-corrected chi connectivity index (χ4v) is 2.60. The zero-order chi connectivity index (χ0) is 12.5. The summed E-state index contributed by atoms with van der Waals surface area (Å²) in [5.74, 6) is 0.0899. The molecule has 2 rings (SSSR count). The second-order valence-electron chi connectivity index (χ2n) is 4.92. The van der Waals surface area contributed by atoms with Gasteiger partial charge in [-0.15, -0.1) is 0 Å². The van der Waals surface area contributed by atoms with E-state index in [0.717, 1.165) is 29.7 Å². The Kier molecular flexibility index (Phi) is 3.54. The van der Waals surface area contributed by atoms with E-state index in [0.29, 0.717) is 0 Å². The van der Waals surface area contributed by atoms with Crippen LogP contribution < -0.4 is 10.6 Å². The topological polar surface area (TPSA) is 41.1 Å². The maximum absolute atomic E-state index is 12.2. The Morgan fingerprint density at radius 1 is 1.53 bits per heavy atom. The van der Waals surface area contributed by atoms with E-state index in [1.54, 1.807) is 0 Å². The van der Waals surface area contributed by atoms with E-state index in [2.05, 4.69) is 26.6 Å². The molecular formula is C13H17BrN2O. The second kappa shape index (κ2) is 4.78. The van der Waals surface area contributed by atoms with Crippen molar-refractivity contribution in [3.05, 3.63) is 28.2 Å². The van der Waals surface area contributed by atoms with Gasteiger partial charge in [-0.1, -0.05) is 6.07 Å². The summed E-state index contributed by atoms with van der Waals surface area (Å²) >= 11 is 3.47. The predicted molar refractivity (Wildman–Crippen MR) is 73.1 cm³/mol. The van der Waals surface area contributed by atoms with Gasteiger partial charge < -0.3 is 10.6 Å². The van der Waals surface area contributed by atoms with Crippen molar-refractivity contribution in [2.75, 3.05) is 18.4 Å². The molecule has 3 nitrogen and oxygen atoms in total. The molecular weight excluding hydrogens is 280 g/mol. The summed E-state index contributed by atoms with van der Waals surface area (Å²) in [6, 6.07) is 5.93. The van der Waals surface area contributed by atoms with Crippen LogP contribution in [0, 0.1) is 12.3 Å². The molecule has 0 bridgehead atoms. The molecule has 0 aliphatic carbocycles. The van der Waals surface area contributed by atoms with Gasteiger partial charge in [-0.05, 0) is 60.4 Å². The first-order chi connectivity index (χ1) is 8.01. The maximum Gasteiger partial charge on any atom is 0.231 e. The van der Waals surface area contributed by atoms with Crippen LogP contribution in [0.5, 0.6) is 0 Å². The molecule has 1 heterocycles. The molecule has 1 aromatic carbocycles. The van der Waals surface area contributed by atoms with Gasteiger partial charge in [0, 0.05) is 11.0 Å². The van der Waals surface area contributed by atoms with E-state index in [1.165, 1.54) is 5.56 Å². The van der Waals surface area contributed by atoms with Crippen LogP contribution in [-0.4, -0.2) is 19.0 Å². The Balaban J connectivity index is 2.13. The van der Waals surface area contributed by atoms with Gasteiger partial charge in [0.25, 0.3) is 0 Å². The Morgan fingerprint density at radius 3 is 2.88 bits per heavy atom. The van der Waals surface area contributed by atoms with Gasteiger partial charge in [0.2, 0.25) is 5.91 Å². The Morgan fingerprint density at radius 2 is 2.29 bits per heavy atom. The van der Waals surface area contributed by atoms with Crippen LogP contribution in [-0.2, 0) is 4.79 Å². The number of amides is 1. The molecule has 0 radical (unpaired) electrons. The van der Waals surface area contributed by atoms with Crippen molar-refractivity contribution in [1.82, 2.24) is 5.32 Å². The molecule has 1 aromatic rings. The number of rotatable bonds is 2. The number of carbonyl (C=O) groups is 1. The molecule has 1 aliphatic rings. The highest BCUT2D eigenvalue weighted by atomic mass is 79.9. The first kappa shape index (κ1) is 12.6. The highest BCUT2D eigenvalue weighted by molar-refractivity contribution is 9.10. The molecule has 92 valence electrons. The van der Waals surface area contributed by atoms with Crippen molar-refractivity contribution in [3.8, 4) is 0 Å². The summed E-state index contributed by atoms with van der Waals surface area (Å²) in [5.41, 5.74) is 1.72. The molecule has 0 spiro atoms. The molecule has 4 heteroatoms. The molecule has 1 saturated heterocycles. The number of aryl methyl sites for hydroxylation is 1. The highest BCUT2D eigenvalue weighted by Gasteiger charge is 2.36. The van der Waals surface area contributed by atoms with Crippen LogP contribution in [0.3, 0.4) is 0 Å². The Labute approximate surface area is 110 Å². The monoisotopic (exact) mass is 296 g/mol. The smallest absolute Gasteiger partial charge is 0.231 e. The number of hydrogen-bond acceptors (Lipinski definition) is 2. The van der Waals surface area contributed by atoms with E-state index >= 15 is 0 Å². The lowest BCUT2D eigenvalue weighted by Crippen LogP contribution is -2.35. The first-order valence-electron chi connectivity index (χ1n) is 5.80. The maximum atomic E-state index is 12.2. The standard InChI is InChI=1S/C13H17BrN2O/c1-9-3-4-11(10(14)7-9)16-12(17)13(2)5-6-15-8-13/h3-4,7,15H,5-6,8H2,1-2H3,(H,16,17). The van der Waals surface area contributed by atoms with Crippen molar-refractivity contribution >= 4 is 27.5 Å². The zero-order valence-electron chi connectivity index (χ0n) is 10.1. The number of hydrogen-bond donors (Lipinski definition) is 2. The molecule has 0 saturated carbocycles. The minimum Gasteiger partial charge on any atom is -0.325 e. The third kappa shape index (κ3) is 2.69. The van der Waals surface area contributed by atoms with E-state index in [-0.39, 0.29) is 11.3 Å². The number of carbonyl (C=O) groups excluding carboxylic acids is 1. The van der Waals surface area contributed by atoms with E-state index in [9.17, 15) is 4.79 Å². The van der Waals surface area contributed by atoms with Gasteiger partial charge >= 0.3 is 0 Å². The van der Waals surface area contributed by atoms with Crippen LogP contribution >= 0.6 is 15.9 Å². The van der Waals surface area contributed by atoms with Gasteiger partial charge in [0.15, 0.2) is 0 Å². The normalized spacial score (nSPS) is 23.7. The summed E-state index contributed by atoms with van der Waals surface area (Å²) in [7, 11) is 0. The van der Waals surface area contributed by atoms with Crippen molar-refractivity contribution < 1.29 is 4.79 Å². The fraction of sp³-hybridized carbons (Fsp3) is 0.462. The van der Waals surface area contributed by atoms with Crippen LogP contribution in [0.25, 0.3) is 0 Å². The number of anilines is 1. The predicted octanol–water partition coefficient (Wildman–Crippen LogP) is 2.70. The Bertz CT molecular complexity index is 439. The number of halogens is 1. The lowest BCUT2D eigenvalue weighted by atomic mass is 9.89.